The molecule has 1 aromatic heterocycles. The highest BCUT2D eigenvalue weighted by Gasteiger charge is 2.13. The van der Waals surface area contributed by atoms with Crippen LogP contribution >= 0.6 is 0 Å². The van der Waals surface area contributed by atoms with Crippen LogP contribution in [0.15, 0.2) is 47.6 Å². The van der Waals surface area contributed by atoms with Gasteiger partial charge in [-0.3, -0.25) is 5.43 Å². The number of benzene rings is 2. The highest BCUT2D eigenvalue weighted by molar-refractivity contribution is 6.11. The molecule has 5 heteroatoms. The van der Waals surface area contributed by atoms with Crippen LogP contribution in [0.5, 0.6) is 0 Å². The van der Waals surface area contributed by atoms with Crippen LogP contribution in [0.4, 0.5) is 5.69 Å². The zero-order chi connectivity index (χ0) is 16.4. The summed E-state index contributed by atoms with van der Waals surface area (Å²) in [5.74, 6) is 0.548. The van der Waals surface area contributed by atoms with E-state index in [9.17, 15) is 5.26 Å². The van der Waals surface area contributed by atoms with E-state index < -0.39 is 0 Å². The summed E-state index contributed by atoms with van der Waals surface area (Å²) in [5, 5.41) is 13.7. The van der Waals surface area contributed by atoms with E-state index in [2.05, 4.69) is 21.6 Å². The van der Waals surface area contributed by atoms with Crippen LogP contribution in [0.2, 0.25) is 0 Å². The number of rotatable bonds is 3. The zero-order valence-electron chi connectivity index (χ0n) is 13.3. The molecule has 5 nitrogen and oxygen atoms in total. The summed E-state index contributed by atoms with van der Waals surface area (Å²) in [4.78, 5) is 4.51. The normalized spacial score (nSPS) is 11.5. The van der Waals surface area contributed by atoms with Gasteiger partial charge >= 0.3 is 0 Å². The fraction of sp³-hybridized carbons (Fsp3) is 0.167. The Bertz CT molecular complexity index is 944. The SMILES string of the molecule is Cc1ccc(C)c(NN=C(C#N)c2nc3ccccc3n2C)c1. The number of hydrogen-bond acceptors (Lipinski definition) is 4. The van der Waals surface area contributed by atoms with Gasteiger partial charge in [-0.2, -0.15) is 10.4 Å². The molecule has 0 atom stereocenters. The standard InChI is InChI=1S/C18H17N5/c1-12-8-9-13(2)15(10-12)21-22-16(11-19)18-20-14-6-4-5-7-17(14)23(18)3/h4-10,21H,1-3H3. The third-order valence-corrected chi connectivity index (χ3v) is 3.79. The van der Waals surface area contributed by atoms with Crippen LogP contribution in [-0.2, 0) is 7.05 Å². The first-order chi connectivity index (χ1) is 11.1. The summed E-state index contributed by atoms with van der Waals surface area (Å²) in [6.45, 7) is 4.02. The van der Waals surface area contributed by atoms with Gasteiger partial charge in [0.2, 0.25) is 5.71 Å². The number of hydrazone groups is 1. The van der Waals surface area contributed by atoms with E-state index in [1.165, 1.54) is 0 Å². The molecule has 0 bridgehead atoms. The second-order valence-corrected chi connectivity index (χ2v) is 5.49. The Morgan fingerprint density at radius 2 is 2.00 bits per heavy atom. The Morgan fingerprint density at radius 3 is 2.74 bits per heavy atom. The van der Waals surface area contributed by atoms with Crippen molar-refractivity contribution in [3.05, 3.63) is 59.4 Å². The second-order valence-electron chi connectivity index (χ2n) is 5.49. The molecule has 114 valence electrons. The van der Waals surface area contributed by atoms with Crippen LogP contribution in [0.25, 0.3) is 11.0 Å². The minimum atomic E-state index is 0.254. The molecule has 0 aliphatic carbocycles. The molecule has 3 aromatic rings. The molecule has 1 heterocycles. The number of aryl methyl sites for hydroxylation is 3. The largest absolute Gasteiger partial charge is 0.325 e. The van der Waals surface area contributed by atoms with Crippen molar-refractivity contribution in [3.63, 3.8) is 0 Å². The molecule has 0 radical (unpaired) electrons. The highest BCUT2D eigenvalue weighted by Crippen LogP contribution is 2.18. The van der Waals surface area contributed by atoms with Crippen molar-refractivity contribution in [3.8, 4) is 6.07 Å². The molecule has 2 aromatic carbocycles. The summed E-state index contributed by atoms with van der Waals surface area (Å²) in [6, 6.07) is 16.0. The Balaban J connectivity index is 2.00. The number of anilines is 1. The summed E-state index contributed by atoms with van der Waals surface area (Å²) in [7, 11) is 1.88. The maximum absolute atomic E-state index is 9.46. The Labute approximate surface area is 134 Å². The van der Waals surface area contributed by atoms with Crippen molar-refractivity contribution in [2.45, 2.75) is 13.8 Å². The van der Waals surface area contributed by atoms with Gasteiger partial charge in [-0.15, -0.1) is 0 Å². The van der Waals surface area contributed by atoms with Crippen molar-refractivity contribution >= 4 is 22.4 Å². The minimum Gasteiger partial charge on any atom is -0.325 e. The van der Waals surface area contributed by atoms with Crippen LogP contribution < -0.4 is 5.43 Å². The third-order valence-electron chi connectivity index (χ3n) is 3.79. The number of nitrogens with one attached hydrogen (secondary N) is 1. The number of nitriles is 1. The van der Waals surface area contributed by atoms with Gasteiger partial charge < -0.3 is 4.57 Å². The zero-order valence-corrected chi connectivity index (χ0v) is 13.3. The molecule has 0 spiro atoms. The lowest BCUT2D eigenvalue weighted by Crippen LogP contribution is -2.09. The summed E-state index contributed by atoms with van der Waals surface area (Å²) in [5.41, 5.74) is 8.15. The number of fused-ring (bicyclic) bond motifs is 1. The van der Waals surface area contributed by atoms with E-state index in [4.69, 9.17) is 0 Å². The molecule has 0 aliphatic heterocycles. The topological polar surface area (TPSA) is 66.0 Å². The van der Waals surface area contributed by atoms with Crippen LogP contribution in [0.3, 0.4) is 0 Å². The van der Waals surface area contributed by atoms with Gasteiger partial charge in [0.1, 0.15) is 6.07 Å². The Kier molecular flexibility index (Phi) is 3.82. The van der Waals surface area contributed by atoms with Gasteiger partial charge in [-0.1, -0.05) is 24.3 Å². The number of hydrogen-bond donors (Lipinski definition) is 1. The minimum absolute atomic E-state index is 0.254. The average Bonchev–Trinajstić information content (AvgIpc) is 2.89. The monoisotopic (exact) mass is 303 g/mol. The maximum atomic E-state index is 9.46. The molecular formula is C18H17N5. The van der Waals surface area contributed by atoms with Crippen molar-refractivity contribution in [1.29, 1.82) is 5.26 Å². The fourth-order valence-corrected chi connectivity index (χ4v) is 2.45. The van der Waals surface area contributed by atoms with E-state index in [-0.39, 0.29) is 5.71 Å². The summed E-state index contributed by atoms with van der Waals surface area (Å²) >= 11 is 0. The molecule has 0 unspecified atom stereocenters. The number of nitrogens with zero attached hydrogens (tertiary/aromatic N) is 4. The lowest BCUT2D eigenvalue weighted by Gasteiger charge is -2.06. The van der Waals surface area contributed by atoms with Crippen molar-refractivity contribution in [2.75, 3.05) is 5.43 Å². The molecular weight excluding hydrogens is 286 g/mol. The Hall–Kier alpha value is -3.13. The van der Waals surface area contributed by atoms with E-state index >= 15 is 0 Å². The lowest BCUT2D eigenvalue weighted by atomic mass is 10.1. The smallest absolute Gasteiger partial charge is 0.203 e. The van der Waals surface area contributed by atoms with Gasteiger partial charge in [0.15, 0.2) is 5.82 Å². The van der Waals surface area contributed by atoms with Gasteiger partial charge in [-0.25, -0.2) is 4.98 Å². The van der Waals surface area contributed by atoms with E-state index in [1.807, 2.05) is 67.9 Å². The summed E-state index contributed by atoms with van der Waals surface area (Å²) in [6.07, 6.45) is 0. The van der Waals surface area contributed by atoms with Crippen molar-refractivity contribution in [1.82, 2.24) is 9.55 Å². The quantitative estimate of drug-likeness (QED) is 0.594. The van der Waals surface area contributed by atoms with Crippen molar-refractivity contribution < 1.29 is 0 Å². The molecule has 1 N–H and O–H groups in total. The Morgan fingerprint density at radius 1 is 1.22 bits per heavy atom. The van der Waals surface area contributed by atoms with Gasteiger partial charge in [0.05, 0.1) is 16.7 Å². The van der Waals surface area contributed by atoms with Crippen LogP contribution in [0, 0.1) is 25.2 Å². The first-order valence-electron chi connectivity index (χ1n) is 7.33. The lowest BCUT2D eigenvalue weighted by molar-refractivity contribution is 0.929. The fourth-order valence-electron chi connectivity index (χ4n) is 2.45. The van der Waals surface area contributed by atoms with E-state index in [0.29, 0.717) is 5.82 Å². The maximum Gasteiger partial charge on any atom is 0.203 e. The molecule has 3 rings (SSSR count). The van der Waals surface area contributed by atoms with Gasteiger partial charge in [0, 0.05) is 7.05 Å². The molecule has 0 fully saturated rings. The third kappa shape index (κ3) is 2.79. The summed E-state index contributed by atoms with van der Waals surface area (Å²) < 4.78 is 1.88. The number of aromatic nitrogens is 2. The van der Waals surface area contributed by atoms with Gasteiger partial charge in [0.25, 0.3) is 0 Å². The molecule has 23 heavy (non-hydrogen) atoms. The average molecular weight is 303 g/mol. The molecule has 0 amide bonds. The predicted molar refractivity (Wildman–Crippen MR) is 92.4 cm³/mol. The van der Waals surface area contributed by atoms with Gasteiger partial charge in [-0.05, 0) is 43.2 Å². The van der Waals surface area contributed by atoms with Crippen molar-refractivity contribution in [2.24, 2.45) is 12.1 Å². The predicted octanol–water partition coefficient (Wildman–Crippen LogP) is 3.53. The second kappa shape index (κ2) is 5.93. The molecule has 0 saturated heterocycles. The number of imidazole rings is 1. The highest BCUT2D eigenvalue weighted by atomic mass is 15.3. The first-order valence-corrected chi connectivity index (χ1v) is 7.33. The van der Waals surface area contributed by atoms with Crippen LogP contribution in [0.1, 0.15) is 17.0 Å². The molecule has 0 saturated carbocycles. The van der Waals surface area contributed by atoms with E-state index in [1.54, 1.807) is 0 Å². The first kappa shape index (κ1) is 14.8. The van der Waals surface area contributed by atoms with Crippen LogP contribution in [-0.4, -0.2) is 15.3 Å². The molecule has 0 aliphatic rings. The number of para-hydroxylation sites is 2. The van der Waals surface area contributed by atoms with E-state index in [0.717, 1.165) is 27.8 Å².